The van der Waals surface area contributed by atoms with E-state index in [0.29, 0.717) is 23.8 Å². The minimum atomic E-state index is 0.634. The third-order valence-electron chi connectivity index (χ3n) is 4.78. The Balaban J connectivity index is 1.52. The van der Waals surface area contributed by atoms with Gasteiger partial charge in [-0.05, 0) is 30.9 Å². The summed E-state index contributed by atoms with van der Waals surface area (Å²) in [5.74, 6) is 2.77. The number of hydrogen-bond donors (Lipinski definition) is 0. The zero-order valence-corrected chi connectivity index (χ0v) is 16.0. The quantitative estimate of drug-likeness (QED) is 0.558. The average Bonchev–Trinajstić information content (AvgIpc) is 3.23. The molecule has 5 nitrogen and oxygen atoms in total. The normalized spacial score (nSPS) is 14.8. The minimum Gasteiger partial charge on any atom is -0.491 e. The molecular weight excluding hydrogens is 358 g/mol. The van der Waals surface area contributed by atoms with E-state index in [0.717, 1.165) is 23.1 Å². The van der Waals surface area contributed by atoms with Gasteiger partial charge in [-0.25, -0.2) is 4.98 Å². The molecule has 0 aromatic carbocycles. The molecule has 140 valence electrons. The van der Waals surface area contributed by atoms with E-state index in [1.54, 1.807) is 29.9 Å². The van der Waals surface area contributed by atoms with Crippen LogP contribution in [0.25, 0.3) is 0 Å². The predicted octanol–water partition coefficient (Wildman–Crippen LogP) is 5.28. The van der Waals surface area contributed by atoms with E-state index in [-0.39, 0.29) is 0 Å². The van der Waals surface area contributed by atoms with Gasteiger partial charge in [-0.2, -0.15) is 0 Å². The van der Waals surface area contributed by atoms with Crippen LogP contribution in [0.5, 0.6) is 17.2 Å². The van der Waals surface area contributed by atoms with Crippen LogP contribution in [0.15, 0.2) is 48.4 Å². The van der Waals surface area contributed by atoms with Crippen LogP contribution in [0, 0.1) is 5.92 Å². The summed E-state index contributed by atoms with van der Waals surface area (Å²) in [5.41, 5.74) is 0.902. The number of ether oxygens (including phenoxy) is 2. The van der Waals surface area contributed by atoms with Gasteiger partial charge in [0.2, 0.25) is 0 Å². The molecule has 1 aliphatic carbocycles. The molecule has 0 aliphatic heterocycles. The molecule has 0 amide bonds. The lowest BCUT2D eigenvalue weighted by Crippen LogP contribution is -2.16. The van der Waals surface area contributed by atoms with Crippen LogP contribution in [-0.4, -0.2) is 21.6 Å². The maximum absolute atomic E-state index is 6.22. The summed E-state index contributed by atoms with van der Waals surface area (Å²) in [4.78, 5) is 13.1. The molecule has 27 heavy (non-hydrogen) atoms. The summed E-state index contributed by atoms with van der Waals surface area (Å²) in [6.45, 7) is 0.739. The van der Waals surface area contributed by atoms with Crippen LogP contribution >= 0.6 is 11.3 Å². The van der Waals surface area contributed by atoms with Crippen LogP contribution in [0.4, 0.5) is 0 Å². The van der Waals surface area contributed by atoms with Gasteiger partial charge in [-0.1, -0.05) is 19.3 Å². The van der Waals surface area contributed by atoms with Gasteiger partial charge >= 0.3 is 0 Å². The Labute approximate surface area is 163 Å². The Morgan fingerprint density at radius 3 is 2.74 bits per heavy atom. The van der Waals surface area contributed by atoms with Crippen molar-refractivity contribution in [2.75, 3.05) is 6.61 Å². The number of pyridine rings is 2. The van der Waals surface area contributed by atoms with Crippen LogP contribution in [0.1, 0.15) is 42.8 Å². The van der Waals surface area contributed by atoms with Crippen molar-refractivity contribution in [3.8, 4) is 17.2 Å². The third-order valence-corrected chi connectivity index (χ3v) is 5.56. The molecule has 0 spiro atoms. The number of nitrogens with zero attached hydrogens (tertiary/aromatic N) is 3. The molecule has 1 fully saturated rings. The van der Waals surface area contributed by atoms with Crippen molar-refractivity contribution in [3.05, 3.63) is 59.1 Å². The second-order valence-corrected chi connectivity index (χ2v) is 7.80. The maximum atomic E-state index is 6.22. The molecule has 0 radical (unpaired) electrons. The maximum Gasteiger partial charge on any atom is 0.149 e. The van der Waals surface area contributed by atoms with Crippen molar-refractivity contribution in [1.29, 1.82) is 0 Å². The summed E-state index contributed by atoms with van der Waals surface area (Å²) in [5, 5.41) is 3.02. The molecule has 0 atom stereocenters. The first-order valence-corrected chi connectivity index (χ1v) is 10.3. The Morgan fingerprint density at radius 2 is 1.96 bits per heavy atom. The zero-order chi connectivity index (χ0) is 18.3. The summed E-state index contributed by atoms with van der Waals surface area (Å²) in [6.07, 6.45) is 14.1. The average molecular weight is 382 g/mol. The SMILES string of the molecule is c1cncc(Oc2cnc(Cc3nccs3)c(OCC3CCCCC3)c2)c1. The predicted molar refractivity (Wildman–Crippen MR) is 106 cm³/mol. The number of hydrogen-bond acceptors (Lipinski definition) is 6. The highest BCUT2D eigenvalue weighted by Crippen LogP contribution is 2.30. The fraction of sp³-hybridized carbons (Fsp3) is 0.381. The van der Waals surface area contributed by atoms with Crippen LogP contribution in [0.3, 0.4) is 0 Å². The van der Waals surface area contributed by atoms with Crippen molar-refractivity contribution in [3.63, 3.8) is 0 Å². The van der Waals surface area contributed by atoms with Crippen molar-refractivity contribution >= 4 is 11.3 Å². The van der Waals surface area contributed by atoms with E-state index in [1.165, 1.54) is 32.1 Å². The van der Waals surface area contributed by atoms with E-state index in [1.807, 2.05) is 29.8 Å². The van der Waals surface area contributed by atoms with Gasteiger partial charge in [-0.3, -0.25) is 9.97 Å². The molecule has 3 aromatic heterocycles. The van der Waals surface area contributed by atoms with E-state index in [4.69, 9.17) is 9.47 Å². The molecule has 0 unspecified atom stereocenters. The first kappa shape index (κ1) is 17.9. The van der Waals surface area contributed by atoms with E-state index >= 15 is 0 Å². The van der Waals surface area contributed by atoms with Gasteiger partial charge < -0.3 is 9.47 Å². The van der Waals surface area contributed by atoms with Crippen LogP contribution < -0.4 is 9.47 Å². The largest absolute Gasteiger partial charge is 0.491 e. The Bertz CT molecular complexity index is 834. The topological polar surface area (TPSA) is 57.1 Å². The molecule has 1 saturated carbocycles. The smallest absolute Gasteiger partial charge is 0.149 e. The second-order valence-electron chi connectivity index (χ2n) is 6.82. The summed E-state index contributed by atoms with van der Waals surface area (Å²) >= 11 is 1.63. The second kappa shape index (κ2) is 8.95. The highest BCUT2D eigenvalue weighted by Gasteiger charge is 2.16. The minimum absolute atomic E-state index is 0.634. The molecule has 4 rings (SSSR count). The van der Waals surface area contributed by atoms with E-state index in [9.17, 15) is 0 Å². The van der Waals surface area contributed by atoms with Crippen LogP contribution in [-0.2, 0) is 6.42 Å². The number of thiazole rings is 1. The molecule has 1 aliphatic rings. The zero-order valence-electron chi connectivity index (χ0n) is 15.2. The third kappa shape index (κ3) is 5.04. The van der Waals surface area contributed by atoms with E-state index < -0.39 is 0 Å². The summed E-state index contributed by atoms with van der Waals surface area (Å²) in [7, 11) is 0. The standard InChI is InChI=1S/C21H23N3O2S/c1-2-5-16(6-3-1)15-25-20-11-18(26-17-7-4-8-22-13-17)14-24-19(20)12-21-23-9-10-27-21/h4,7-11,13-14,16H,1-3,5-6,12,15H2. The van der Waals surface area contributed by atoms with Gasteiger partial charge in [0.1, 0.15) is 17.2 Å². The monoisotopic (exact) mass is 381 g/mol. The molecule has 0 N–H and O–H groups in total. The lowest BCUT2D eigenvalue weighted by Gasteiger charge is -2.22. The molecular formula is C21H23N3O2S. The molecule has 0 bridgehead atoms. The highest BCUT2D eigenvalue weighted by atomic mass is 32.1. The Hall–Kier alpha value is -2.47. The van der Waals surface area contributed by atoms with Gasteiger partial charge in [0, 0.05) is 30.3 Å². The fourth-order valence-corrected chi connectivity index (χ4v) is 3.98. The number of aromatic nitrogens is 3. The number of rotatable bonds is 7. The van der Waals surface area contributed by atoms with Gasteiger partial charge in [-0.15, -0.1) is 11.3 Å². The first-order chi connectivity index (χ1) is 13.4. The molecule has 6 heteroatoms. The Kier molecular flexibility index (Phi) is 5.94. The van der Waals surface area contributed by atoms with Crippen molar-refractivity contribution in [1.82, 2.24) is 15.0 Å². The molecule has 3 heterocycles. The van der Waals surface area contributed by atoms with Gasteiger partial charge in [0.15, 0.2) is 0 Å². The first-order valence-electron chi connectivity index (χ1n) is 9.45. The van der Waals surface area contributed by atoms with Crippen molar-refractivity contribution in [2.45, 2.75) is 38.5 Å². The summed E-state index contributed by atoms with van der Waals surface area (Å²) < 4.78 is 12.1. The van der Waals surface area contributed by atoms with Gasteiger partial charge in [0.05, 0.1) is 29.7 Å². The highest BCUT2D eigenvalue weighted by molar-refractivity contribution is 7.09. The summed E-state index contributed by atoms with van der Waals surface area (Å²) in [6, 6.07) is 5.66. The molecule has 3 aromatic rings. The molecule has 0 saturated heterocycles. The van der Waals surface area contributed by atoms with Crippen molar-refractivity contribution in [2.24, 2.45) is 5.92 Å². The Morgan fingerprint density at radius 1 is 1.04 bits per heavy atom. The van der Waals surface area contributed by atoms with Gasteiger partial charge in [0.25, 0.3) is 0 Å². The van der Waals surface area contributed by atoms with Crippen molar-refractivity contribution < 1.29 is 9.47 Å². The van der Waals surface area contributed by atoms with Crippen LogP contribution in [0.2, 0.25) is 0 Å². The fourth-order valence-electron chi connectivity index (χ4n) is 3.36. The lowest BCUT2D eigenvalue weighted by molar-refractivity contribution is 0.206. The van der Waals surface area contributed by atoms with E-state index in [2.05, 4.69) is 15.0 Å². The lowest BCUT2D eigenvalue weighted by atomic mass is 9.90.